The molecule has 4 heterocycles. The maximum atomic E-state index is 10.4. The molecule has 0 aliphatic carbocycles. The van der Waals surface area contributed by atoms with Crippen LogP contribution in [0.2, 0.25) is 0 Å². The molecule has 4 rings (SSSR count). The van der Waals surface area contributed by atoms with Crippen molar-refractivity contribution in [2.45, 2.75) is 25.9 Å². The monoisotopic (exact) mass is 431 g/mol. The first-order chi connectivity index (χ1) is 14.8. The van der Waals surface area contributed by atoms with Crippen LogP contribution in [0.3, 0.4) is 0 Å². The Kier molecular flexibility index (Phi) is 5.32. The minimum absolute atomic E-state index is 0.0974. The molecular formula is C22H21N7OS. The summed E-state index contributed by atoms with van der Waals surface area (Å²) in [7, 11) is 0. The summed E-state index contributed by atoms with van der Waals surface area (Å²) in [6.45, 7) is 4.96. The molecule has 31 heavy (non-hydrogen) atoms. The smallest absolute Gasteiger partial charge is 0.141 e. The average Bonchev–Trinajstić information content (AvgIpc) is 3.44. The van der Waals surface area contributed by atoms with E-state index in [9.17, 15) is 15.6 Å². The van der Waals surface area contributed by atoms with E-state index in [1.807, 2.05) is 24.1 Å². The third kappa shape index (κ3) is 4.06. The highest BCUT2D eigenvalue weighted by Crippen LogP contribution is 2.34. The van der Waals surface area contributed by atoms with E-state index < -0.39 is 5.60 Å². The number of thiazole rings is 1. The fourth-order valence-corrected chi connectivity index (χ4v) is 4.33. The molecule has 1 fully saturated rings. The van der Waals surface area contributed by atoms with E-state index in [2.05, 4.69) is 22.1 Å². The molecular weight excluding hydrogens is 410 g/mol. The molecule has 0 radical (unpaired) electrons. The first kappa shape index (κ1) is 20.7. The van der Waals surface area contributed by atoms with Gasteiger partial charge in [-0.25, -0.2) is 15.0 Å². The molecule has 9 heteroatoms. The Morgan fingerprint density at radius 1 is 1.19 bits per heavy atom. The van der Waals surface area contributed by atoms with Crippen LogP contribution in [0.25, 0.3) is 22.1 Å². The Hall–Kier alpha value is -3.53. The zero-order valence-electron chi connectivity index (χ0n) is 17.2. The fraction of sp³-hybridized carbons (Fsp3) is 0.318. The van der Waals surface area contributed by atoms with Crippen LogP contribution in [0.15, 0.2) is 29.8 Å². The molecule has 8 nitrogen and oxygen atoms in total. The fourth-order valence-electron chi connectivity index (χ4n) is 3.74. The number of nitrogens with two attached hydrogens (primary N) is 1. The van der Waals surface area contributed by atoms with Gasteiger partial charge in [0.05, 0.1) is 28.6 Å². The molecule has 0 bridgehead atoms. The molecule has 0 amide bonds. The number of hydrogen-bond donors (Lipinski definition) is 2. The first-order valence-corrected chi connectivity index (χ1v) is 10.7. The topological polar surface area (TPSA) is 136 Å². The van der Waals surface area contributed by atoms with Crippen molar-refractivity contribution in [2.75, 3.05) is 23.7 Å². The first-order valence-electron chi connectivity index (χ1n) is 9.80. The number of aromatic nitrogens is 3. The van der Waals surface area contributed by atoms with Crippen molar-refractivity contribution in [3.05, 3.63) is 40.9 Å². The van der Waals surface area contributed by atoms with E-state index in [1.165, 1.54) is 11.3 Å². The molecule has 1 aliphatic rings. The highest BCUT2D eigenvalue weighted by Gasteiger charge is 2.34. The van der Waals surface area contributed by atoms with Crippen LogP contribution in [-0.4, -0.2) is 38.7 Å². The highest BCUT2D eigenvalue weighted by atomic mass is 32.1. The minimum atomic E-state index is -0.795. The van der Waals surface area contributed by atoms with Crippen LogP contribution in [-0.2, 0) is 0 Å². The Morgan fingerprint density at radius 3 is 2.61 bits per heavy atom. The molecule has 1 unspecified atom stereocenters. The van der Waals surface area contributed by atoms with E-state index >= 15 is 0 Å². The van der Waals surface area contributed by atoms with Crippen LogP contribution in [0.1, 0.15) is 31.4 Å². The summed E-state index contributed by atoms with van der Waals surface area (Å²) in [5.41, 5.74) is 7.55. The van der Waals surface area contributed by atoms with Crippen molar-refractivity contribution in [3.63, 3.8) is 0 Å². The van der Waals surface area contributed by atoms with Gasteiger partial charge >= 0.3 is 0 Å². The van der Waals surface area contributed by atoms with Gasteiger partial charge in [0.2, 0.25) is 0 Å². The summed E-state index contributed by atoms with van der Waals surface area (Å²) in [4.78, 5) is 15.7. The van der Waals surface area contributed by atoms with Crippen molar-refractivity contribution in [1.82, 2.24) is 15.0 Å². The number of aliphatic hydroxyl groups is 1. The summed E-state index contributed by atoms with van der Waals surface area (Å²) < 4.78 is 0. The van der Waals surface area contributed by atoms with Gasteiger partial charge in [-0.2, -0.15) is 10.5 Å². The molecule has 1 atom stereocenters. The van der Waals surface area contributed by atoms with Gasteiger partial charge < -0.3 is 15.7 Å². The predicted molar refractivity (Wildman–Crippen MR) is 119 cm³/mol. The van der Waals surface area contributed by atoms with E-state index in [0.29, 0.717) is 40.0 Å². The SMILES string of the molecule is CC(C)(O)C1CCN(c2cc(C#N)cc(-c3nc(-c4nccs4)cc(N)c3C#N)n2)C1. The van der Waals surface area contributed by atoms with E-state index in [0.717, 1.165) is 13.0 Å². The standard InChI is InChI=1S/C22H21N7OS/c1-22(2,30)14-3-5-29(12-14)19-8-13(10-23)7-17(27-19)20-15(11-24)16(25)9-18(28-20)21-26-4-6-31-21/h4,6-9,14,30H,3,5,12H2,1-2H3,(H2,25,28). The number of rotatable bonds is 4. The van der Waals surface area contributed by atoms with Crippen LogP contribution < -0.4 is 10.6 Å². The zero-order chi connectivity index (χ0) is 22.2. The molecule has 3 aromatic rings. The molecule has 1 saturated heterocycles. The second-order valence-electron chi connectivity index (χ2n) is 8.07. The van der Waals surface area contributed by atoms with Crippen molar-refractivity contribution >= 4 is 22.8 Å². The molecule has 156 valence electrons. The summed E-state index contributed by atoms with van der Waals surface area (Å²) in [6.07, 6.45) is 2.50. The summed E-state index contributed by atoms with van der Waals surface area (Å²) >= 11 is 1.42. The van der Waals surface area contributed by atoms with E-state index in [4.69, 9.17) is 10.7 Å². The quantitative estimate of drug-likeness (QED) is 0.643. The lowest BCUT2D eigenvalue weighted by molar-refractivity contribution is 0.0263. The lowest BCUT2D eigenvalue weighted by Crippen LogP contribution is -2.33. The van der Waals surface area contributed by atoms with Gasteiger partial charge in [0.25, 0.3) is 0 Å². The second-order valence-corrected chi connectivity index (χ2v) is 8.96. The Balaban J connectivity index is 1.81. The number of nitrogens with zero attached hydrogens (tertiary/aromatic N) is 6. The van der Waals surface area contributed by atoms with Gasteiger partial charge in [0, 0.05) is 30.6 Å². The van der Waals surface area contributed by atoms with Crippen molar-refractivity contribution in [3.8, 4) is 34.2 Å². The Morgan fingerprint density at radius 2 is 2.00 bits per heavy atom. The maximum absolute atomic E-state index is 10.4. The molecule has 3 aromatic heterocycles. The number of nitriles is 2. The van der Waals surface area contributed by atoms with Gasteiger partial charge in [-0.15, -0.1) is 11.3 Å². The van der Waals surface area contributed by atoms with E-state index in [-0.39, 0.29) is 17.2 Å². The van der Waals surface area contributed by atoms with Crippen molar-refractivity contribution < 1.29 is 5.11 Å². The van der Waals surface area contributed by atoms with Crippen molar-refractivity contribution in [1.29, 1.82) is 10.5 Å². The highest BCUT2D eigenvalue weighted by molar-refractivity contribution is 7.13. The Bertz CT molecular complexity index is 1200. The van der Waals surface area contributed by atoms with Gasteiger partial charge in [-0.1, -0.05) is 0 Å². The largest absolute Gasteiger partial charge is 0.398 e. The Labute approximate surface area is 184 Å². The molecule has 1 aliphatic heterocycles. The molecule has 0 saturated carbocycles. The van der Waals surface area contributed by atoms with E-state index in [1.54, 1.807) is 24.4 Å². The van der Waals surface area contributed by atoms with Crippen LogP contribution in [0.4, 0.5) is 11.5 Å². The van der Waals surface area contributed by atoms with Gasteiger partial charge in [0.1, 0.15) is 33.8 Å². The summed E-state index contributed by atoms with van der Waals surface area (Å²) in [6, 6.07) is 9.24. The number of pyridine rings is 2. The second kappa shape index (κ2) is 7.95. The third-order valence-corrected chi connectivity index (χ3v) is 6.30. The summed E-state index contributed by atoms with van der Waals surface area (Å²) in [5.74, 6) is 0.713. The summed E-state index contributed by atoms with van der Waals surface area (Å²) in [5, 5.41) is 32.2. The number of nitrogen functional groups attached to an aromatic ring is 1. The number of hydrogen-bond acceptors (Lipinski definition) is 9. The minimum Gasteiger partial charge on any atom is -0.398 e. The molecule has 0 aromatic carbocycles. The molecule has 0 spiro atoms. The maximum Gasteiger partial charge on any atom is 0.141 e. The zero-order valence-corrected chi connectivity index (χ0v) is 18.0. The normalized spacial score (nSPS) is 16.2. The predicted octanol–water partition coefficient (Wildman–Crippen LogP) is 3.19. The lowest BCUT2D eigenvalue weighted by atomic mass is 9.90. The number of anilines is 2. The van der Waals surface area contributed by atoms with Gasteiger partial charge in [-0.3, -0.25) is 0 Å². The molecule has 3 N–H and O–H groups in total. The van der Waals surface area contributed by atoms with Crippen LogP contribution in [0.5, 0.6) is 0 Å². The average molecular weight is 432 g/mol. The van der Waals surface area contributed by atoms with Gasteiger partial charge in [0.15, 0.2) is 0 Å². The van der Waals surface area contributed by atoms with Crippen LogP contribution >= 0.6 is 11.3 Å². The third-order valence-electron chi connectivity index (χ3n) is 5.51. The van der Waals surface area contributed by atoms with Gasteiger partial charge in [-0.05, 0) is 38.5 Å². The van der Waals surface area contributed by atoms with Crippen molar-refractivity contribution in [2.24, 2.45) is 5.92 Å². The lowest BCUT2D eigenvalue weighted by Gasteiger charge is -2.26. The van der Waals surface area contributed by atoms with Crippen LogP contribution in [0, 0.1) is 28.6 Å².